The molecule has 0 aliphatic rings. The average molecular weight is 500 g/mol. The predicted molar refractivity (Wildman–Crippen MR) is 140 cm³/mol. The zero-order valence-corrected chi connectivity index (χ0v) is 21.3. The number of carbonyl (C=O) groups excluding carboxylic acids is 1. The lowest BCUT2D eigenvalue weighted by molar-refractivity contribution is -0.142. The van der Waals surface area contributed by atoms with Crippen LogP contribution in [0, 0.1) is 6.92 Å². The maximum absolute atomic E-state index is 12.4. The molecule has 0 aliphatic heterocycles. The standard InChI is InChI=1S/C27H29NO4S.ClH/c1-4-13-33-25(27(29)30-5-2)15-19-11-12-24-21(14-19)16-22(32-24)17-23-18(3)31-26(28-23)20-9-7-6-8-10-20;/h6-12,14,16,25H,4-5,13,15,17H2,1-3H3;1H. The van der Waals surface area contributed by atoms with E-state index in [0.29, 0.717) is 25.3 Å². The van der Waals surface area contributed by atoms with E-state index >= 15 is 0 Å². The molecule has 0 radical (unpaired) electrons. The van der Waals surface area contributed by atoms with Crippen molar-refractivity contribution in [1.82, 2.24) is 4.98 Å². The number of esters is 1. The largest absolute Gasteiger partial charge is 0.465 e. The lowest BCUT2D eigenvalue weighted by atomic mass is 10.1. The highest BCUT2D eigenvalue weighted by atomic mass is 35.5. The fourth-order valence-corrected chi connectivity index (χ4v) is 4.78. The van der Waals surface area contributed by atoms with Crippen molar-refractivity contribution in [2.24, 2.45) is 0 Å². The molecule has 1 atom stereocenters. The van der Waals surface area contributed by atoms with Crippen molar-refractivity contribution in [3.63, 3.8) is 0 Å². The summed E-state index contributed by atoms with van der Waals surface area (Å²) in [4.78, 5) is 17.1. The number of aromatic nitrogens is 1. The molecule has 0 spiro atoms. The molecule has 2 heterocycles. The van der Waals surface area contributed by atoms with Gasteiger partial charge >= 0.3 is 5.97 Å². The lowest BCUT2D eigenvalue weighted by Gasteiger charge is -2.15. The van der Waals surface area contributed by atoms with Gasteiger partial charge in [-0.2, -0.15) is 0 Å². The highest BCUT2D eigenvalue weighted by Crippen LogP contribution is 2.28. The van der Waals surface area contributed by atoms with Crippen LogP contribution in [-0.2, 0) is 22.4 Å². The second kappa shape index (κ2) is 12.1. The molecule has 0 saturated heterocycles. The van der Waals surface area contributed by atoms with E-state index < -0.39 is 0 Å². The Balaban J connectivity index is 0.00000324. The Hall–Kier alpha value is -2.70. The molecule has 0 saturated carbocycles. The van der Waals surface area contributed by atoms with Crippen molar-refractivity contribution in [1.29, 1.82) is 0 Å². The van der Waals surface area contributed by atoms with E-state index in [0.717, 1.165) is 51.5 Å². The molecule has 4 aromatic rings. The summed E-state index contributed by atoms with van der Waals surface area (Å²) in [7, 11) is 0. The fourth-order valence-electron chi connectivity index (χ4n) is 3.74. The molecule has 34 heavy (non-hydrogen) atoms. The Kier molecular flexibility index (Phi) is 9.25. The van der Waals surface area contributed by atoms with Crippen LogP contribution in [-0.4, -0.2) is 28.6 Å². The van der Waals surface area contributed by atoms with E-state index in [1.165, 1.54) is 0 Å². The molecule has 0 aliphatic carbocycles. The number of furan rings is 1. The molecule has 1 unspecified atom stereocenters. The van der Waals surface area contributed by atoms with Gasteiger partial charge in [0.1, 0.15) is 22.4 Å². The van der Waals surface area contributed by atoms with E-state index in [1.54, 1.807) is 11.8 Å². The topological polar surface area (TPSA) is 65.5 Å². The van der Waals surface area contributed by atoms with Crippen LogP contribution >= 0.6 is 24.2 Å². The normalized spacial score (nSPS) is 11.9. The van der Waals surface area contributed by atoms with Crippen LogP contribution in [0.2, 0.25) is 0 Å². The highest BCUT2D eigenvalue weighted by Gasteiger charge is 2.21. The van der Waals surface area contributed by atoms with Gasteiger partial charge in [0.25, 0.3) is 0 Å². The van der Waals surface area contributed by atoms with Crippen LogP contribution in [0.5, 0.6) is 0 Å². The van der Waals surface area contributed by atoms with Crippen molar-refractivity contribution in [3.05, 3.63) is 77.4 Å². The minimum absolute atomic E-state index is 0. The highest BCUT2D eigenvalue weighted by molar-refractivity contribution is 8.00. The van der Waals surface area contributed by atoms with Crippen LogP contribution in [0.15, 0.2) is 63.4 Å². The molecular weight excluding hydrogens is 470 g/mol. The third-order valence-electron chi connectivity index (χ3n) is 5.38. The third-order valence-corrected chi connectivity index (χ3v) is 6.79. The summed E-state index contributed by atoms with van der Waals surface area (Å²) >= 11 is 1.66. The first-order valence-electron chi connectivity index (χ1n) is 11.4. The number of carbonyl (C=O) groups is 1. The van der Waals surface area contributed by atoms with Crippen molar-refractivity contribution >= 4 is 41.1 Å². The van der Waals surface area contributed by atoms with Gasteiger partial charge in [-0.1, -0.05) is 31.2 Å². The van der Waals surface area contributed by atoms with Crippen LogP contribution in [0.1, 0.15) is 43.0 Å². The first-order valence-corrected chi connectivity index (χ1v) is 12.4. The van der Waals surface area contributed by atoms with Gasteiger partial charge in [-0.15, -0.1) is 24.2 Å². The van der Waals surface area contributed by atoms with Gasteiger partial charge < -0.3 is 13.6 Å². The Morgan fingerprint density at radius 1 is 1.09 bits per heavy atom. The predicted octanol–water partition coefficient (Wildman–Crippen LogP) is 7.03. The molecule has 0 N–H and O–H groups in total. The Labute approximate surface area is 210 Å². The van der Waals surface area contributed by atoms with Crippen LogP contribution < -0.4 is 0 Å². The summed E-state index contributed by atoms with van der Waals surface area (Å²) in [5, 5.41) is 0.831. The third kappa shape index (κ3) is 6.24. The number of nitrogens with zero attached hydrogens (tertiary/aromatic N) is 1. The Morgan fingerprint density at radius 2 is 1.88 bits per heavy atom. The van der Waals surface area contributed by atoms with Crippen LogP contribution in [0.3, 0.4) is 0 Å². The lowest BCUT2D eigenvalue weighted by Crippen LogP contribution is -2.23. The van der Waals surface area contributed by atoms with Crippen molar-refractivity contribution < 1.29 is 18.4 Å². The second-order valence-corrected chi connectivity index (χ2v) is 9.28. The number of halogens is 1. The van der Waals surface area contributed by atoms with E-state index in [1.807, 2.05) is 62.4 Å². The molecule has 0 bridgehead atoms. The fraction of sp³-hybridized carbons (Fsp3) is 0.333. The van der Waals surface area contributed by atoms with Crippen molar-refractivity contribution in [2.75, 3.05) is 12.4 Å². The van der Waals surface area contributed by atoms with Gasteiger partial charge in [0.15, 0.2) is 0 Å². The molecule has 2 aromatic heterocycles. The SMILES string of the molecule is CCCSC(Cc1ccc2oc(Cc3nc(-c4ccccc4)oc3C)cc2c1)C(=O)OCC.Cl. The number of rotatable bonds is 10. The van der Waals surface area contributed by atoms with Gasteiger partial charge in [0.2, 0.25) is 5.89 Å². The average Bonchev–Trinajstić information content (AvgIpc) is 3.39. The molecule has 180 valence electrons. The number of hydrogen-bond donors (Lipinski definition) is 0. The maximum Gasteiger partial charge on any atom is 0.319 e. The monoisotopic (exact) mass is 499 g/mol. The number of hydrogen-bond acceptors (Lipinski definition) is 6. The molecule has 7 heteroatoms. The van der Waals surface area contributed by atoms with Crippen molar-refractivity contribution in [2.45, 2.75) is 45.3 Å². The summed E-state index contributed by atoms with van der Waals surface area (Å²) < 4.78 is 17.2. The van der Waals surface area contributed by atoms with Gasteiger partial charge in [-0.05, 0) is 68.3 Å². The smallest absolute Gasteiger partial charge is 0.319 e. The van der Waals surface area contributed by atoms with E-state index in [2.05, 4.69) is 18.0 Å². The van der Waals surface area contributed by atoms with Gasteiger partial charge in [0.05, 0.1) is 18.7 Å². The van der Waals surface area contributed by atoms with Gasteiger partial charge in [-0.3, -0.25) is 4.79 Å². The van der Waals surface area contributed by atoms with Gasteiger partial charge in [0, 0.05) is 10.9 Å². The molecule has 0 amide bonds. The minimum atomic E-state index is -0.192. The second-order valence-electron chi connectivity index (χ2n) is 7.97. The van der Waals surface area contributed by atoms with E-state index in [4.69, 9.17) is 13.6 Å². The minimum Gasteiger partial charge on any atom is -0.465 e. The first-order chi connectivity index (χ1) is 16.1. The summed E-state index contributed by atoms with van der Waals surface area (Å²) in [5.41, 5.74) is 3.75. The summed E-state index contributed by atoms with van der Waals surface area (Å²) in [6.07, 6.45) is 2.23. The number of aryl methyl sites for hydroxylation is 1. The number of benzene rings is 2. The van der Waals surface area contributed by atoms with E-state index in [-0.39, 0.29) is 23.6 Å². The van der Waals surface area contributed by atoms with E-state index in [9.17, 15) is 4.79 Å². The first kappa shape index (κ1) is 25.9. The number of ether oxygens (including phenoxy) is 1. The molecule has 0 fully saturated rings. The summed E-state index contributed by atoms with van der Waals surface area (Å²) in [6, 6.07) is 18.0. The number of fused-ring (bicyclic) bond motifs is 1. The quantitative estimate of drug-likeness (QED) is 0.218. The number of oxazole rings is 1. The zero-order chi connectivity index (χ0) is 23.2. The zero-order valence-electron chi connectivity index (χ0n) is 19.7. The molecule has 5 nitrogen and oxygen atoms in total. The molecule has 4 rings (SSSR count). The summed E-state index contributed by atoms with van der Waals surface area (Å²) in [6.45, 7) is 6.30. The van der Waals surface area contributed by atoms with Crippen molar-refractivity contribution in [3.8, 4) is 11.5 Å². The molecular formula is C27H30ClNO4S. The summed E-state index contributed by atoms with van der Waals surface area (Å²) in [5.74, 6) is 3.04. The van der Waals surface area contributed by atoms with Crippen LogP contribution in [0.25, 0.3) is 22.4 Å². The number of thioether (sulfide) groups is 1. The Bertz CT molecular complexity index is 1220. The molecule has 2 aromatic carbocycles. The maximum atomic E-state index is 12.4. The van der Waals surface area contributed by atoms with Crippen LogP contribution in [0.4, 0.5) is 0 Å². The van der Waals surface area contributed by atoms with Gasteiger partial charge in [-0.25, -0.2) is 4.98 Å². The Morgan fingerprint density at radius 3 is 2.62 bits per heavy atom.